The summed E-state index contributed by atoms with van der Waals surface area (Å²) in [5.41, 5.74) is 7.74. The van der Waals surface area contributed by atoms with E-state index < -0.39 is 0 Å². The SMILES string of the molecule is CCCOc1cc(N)cc(NC2CCCN(C)C2)c1. The van der Waals surface area contributed by atoms with Crippen LogP contribution in [0.15, 0.2) is 18.2 Å². The number of likely N-dealkylation sites (N-methyl/N-ethyl adjacent to an activating group) is 1. The van der Waals surface area contributed by atoms with E-state index in [0.29, 0.717) is 6.04 Å². The van der Waals surface area contributed by atoms with E-state index in [1.54, 1.807) is 0 Å². The Hall–Kier alpha value is -1.42. The zero-order valence-corrected chi connectivity index (χ0v) is 12.0. The number of rotatable bonds is 5. The second-order valence-electron chi connectivity index (χ2n) is 5.38. The van der Waals surface area contributed by atoms with Gasteiger partial charge in [0, 0.05) is 36.1 Å². The summed E-state index contributed by atoms with van der Waals surface area (Å²) in [6, 6.07) is 6.40. The number of nitrogens with two attached hydrogens (primary N) is 1. The van der Waals surface area contributed by atoms with Crippen LogP contribution in [-0.4, -0.2) is 37.7 Å². The maximum atomic E-state index is 5.93. The normalized spacial score (nSPS) is 20.2. The Morgan fingerprint density at radius 3 is 3.00 bits per heavy atom. The number of likely N-dealkylation sites (tertiary alicyclic amines) is 1. The second kappa shape index (κ2) is 6.66. The number of nitrogens with zero attached hydrogens (tertiary/aromatic N) is 1. The quantitative estimate of drug-likeness (QED) is 0.802. The molecule has 2 rings (SSSR count). The zero-order valence-electron chi connectivity index (χ0n) is 12.0. The summed E-state index contributed by atoms with van der Waals surface area (Å²) in [5.74, 6) is 0.855. The summed E-state index contributed by atoms with van der Waals surface area (Å²) in [5, 5.41) is 3.57. The fraction of sp³-hybridized carbons (Fsp3) is 0.600. The molecule has 4 heteroatoms. The van der Waals surface area contributed by atoms with E-state index in [-0.39, 0.29) is 0 Å². The molecule has 1 saturated heterocycles. The van der Waals surface area contributed by atoms with Crippen LogP contribution in [0.1, 0.15) is 26.2 Å². The van der Waals surface area contributed by atoms with Crippen molar-refractivity contribution in [1.29, 1.82) is 0 Å². The minimum absolute atomic E-state index is 0.500. The number of ether oxygens (including phenoxy) is 1. The standard InChI is InChI=1S/C15H25N3O/c1-3-7-19-15-9-12(16)8-14(10-15)17-13-5-4-6-18(2)11-13/h8-10,13,17H,3-7,11,16H2,1-2H3. The Kier molecular flexibility index (Phi) is 4.91. The lowest BCUT2D eigenvalue weighted by atomic mass is 10.1. The first-order valence-electron chi connectivity index (χ1n) is 7.16. The number of anilines is 2. The summed E-state index contributed by atoms with van der Waals surface area (Å²) in [6.45, 7) is 5.11. The highest BCUT2D eigenvalue weighted by Crippen LogP contribution is 2.24. The molecule has 1 aliphatic rings. The molecule has 0 amide bonds. The van der Waals surface area contributed by atoms with Gasteiger partial charge in [-0.25, -0.2) is 0 Å². The highest BCUT2D eigenvalue weighted by atomic mass is 16.5. The van der Waals surface area contributed by atoms with E-state index in [9.17, 15) is 0 Å². The molecule has 3 N–H and O–H groups in total. The lowest BCUT2D eigenvalue weighted by Crippen LogP contribution is -2.39. The lowest BCUT2D eigenvalue weighted by Gasteiger charge is -2.31. The Morgan fingerprint density at radius 1 is 1.42 bits per heavy atom. The maximum absolute atomic E-state index is 5.93. The third kappa shape index (κ3) is 4.31. The molecule has 1 fully saturated rings. The van der Waals surface area contributed by atoms with Gasteiger partial charge in [-0.05, 0) is 38.9 Å². The predicted octanol–water partition coefficient (Wildman–Crippen LogP) is 2.56. The molecule has 19 heavy (non-hydrogen) atoms. The molecule has 0 saturated carbocycles. The number of hydrogen-bond acceptors (Lipinski definition) is 4. The number of piperidine rings is 1. The first kappa shape index (κ1) is 14.0. The van der Waals surface area contributed by atoms with E-state index in [2.05, 4.69) is 24.2 Å². The summed E-state index contributed by atoms with van der Waals surface area (Å²) >= 11 is 0. The van der Waals surface area contributed by atoms with Gasteiger partial charge in [0.15, 0.2) is 0 Å². The molecule has 4 nitrogen and oxygen atoms in total. The highest BCUT2D eigenvalue weighted by molar-refractivity contribution is 5.59. The monoisotopic (exact) mass is 263 g/mol. The molecule has 0 radical (unpaired) electrons. The van der Waals surface area contributed by atoms with E-state index in [1.807, 2.05) is 18.2 Å². The van der Waals surface area contributed by atoms with Gasteiger partial charge in [0.05, 0.1) is 6.61 Å². The fourth-order valence-electron chi connectivity index (χ4n) is 2.53. The van der Waals surface area contributed by atoms with Gasteiger partial charge in [-0.2, -0.15) is 0 Å². The number of nitrogen functional groups attached to an aromatic ring is 1. The molecule has 0 bridgehead atoms. The van der Waals surface area contributed by atoms with Gasteiger partial charge in [-0.3, -0.25) is 0 Å². The Balaban J connectivity index is 2.00. The van der Waals surface area contributed by atoms with Gasteiger partial charge in [-0.15, -0.1) is 0 Å². The first-order chi connectivity index (χ1) is 9.17. The maximum Gasteiger partial charge on any atom is 0.123 e. The lowest BCUT2D eigenvalue weighted by molar-refractivity contribution is 0.261. The topological polar surface area (TPSA) is 50.5 Å². The van der Waals surface area contributed by atoms with Crippen molar-refractivity contribution < 1.29 is 4.74 Å². The Bertz CT molecular complexity index is 408. The average Bonchev–Trinajstić information content (AvgIpc) is 2.35. The molecule has 1 aromatic carbocycles. The minimum atomic E-state index is 0.500. The van der Waals surface area contributed by atoms with Crippen molar-refractivity contribution in [3.8, 4) is 5.75 Å². The van der Waals surface area contributed by atoms with Gasteiger partial charge in [0.25, 0.3) is 0 Å². The van der Waals surface area contributed by atoms with Gasteiger partial charge < -0.3 is 20.7 Å². The average molecular weight is 263 g/mol. The highest BCUT2D eigenvalue weighted by Gasteiger charge is 2.17. The van der Waals surface area contributed by atoms with Crippen LogP contribution in [0.3, 0.4) is 0 Å². The number of hydrogen-bond donors (Lipinski definition) is 2. The van der Waals surface area contributed by atoms with Crippen LogP contribution >= 0.6 is 0 Å². The molecule has 0 aromatic heterocycles. The summed E-state index contributed by atoms with van der Waals surface area (Å²) in [7, 11) is 2.17. The van der Waals surface area contributed by atoms with E-state index >= 15 is 0 Å². The van der Waals surface area contributed by atoms with Crippen LogP contribution in [0.4, 0.5) is 11.4 Å². The molecule has 1 unspecified atom stereocenters. The van der Waals surface area contributed by atoms with Crippen molar-refractivity contribution in [2.24, 2.45) is 0 Å². The van der Waals surface area contributed by atoms with Gasteiger partial charge in [0.2, 0.25) is 0 Å². The molecular formula is C15H25N3O. The number of benzene rings is 1. The van der Waals surface area contributed by atoms with E-state index in [1.165, 1.54) is 19.4 Å². The molecule has 1 heterocycles. The van der Waals surface area contributed by atoms with E-state index in [0.717, 1.165) is 36.7 Å². The van der Waals surface area contributed by atoms with Crippen molar-refractivity contribution in [3.05, 3.63) is 18.2 Å². The molecule has 1 aliphatic heterocycles. The smallest absolute Gasteiger partial charge is 0.123 e. The molecule has 0 spiro atoms. The van der Waals surface area contributed by atoms with Gasteiger partial charge in [-0.1, -0.05) is 6.92 Å². The van der Waals surface area contributed by atoms with Crippen LogP contribution in [0, 0.1) is 0 Å². The Morgan fingerprint density at radius 2 is 2.26 bits per heavy atom. The van der Waals surface area contributed by atoms with Gasteiger partial charge >= 0.3 is 0 Å². The van der Waals surface area contributed by atoms with Crippen molar-refractivity contribution in [2.45, 2.75) is 32.2 Å². The Labute approximate surface area is 115 Å². The fourth-order valence-corrected chi connectivity index (χ4v) is 2.53. The zero-order chi connectivity index (χ0) is 13.7. The van der Waals surface area contributed by atoms with Gasteiger partial charge in [0.1, 0.15) is 5.75 Å². The molecular weight excluding hydrogens is 238 g/mol. The third-order valence-corrected chi connectivity index (χ3v) is 3.40. The predicted molar refractivity (Wildman–Crippen MR) is 80.8 cm³/mol. The molecule has 106 valence electrons. The van der Waals surface area contributed by atoms with Crippen molar-refractivity contribution in [3.63, 3.8) is 0 Å². The first-order valence-corrected chi connectivity index (χ1v) is 7.16. The summed E-state index contributed by atoms with van der Waals surface area (Å²) in [6.07, 6.45) is 3.46. The molecule has 1 aromatic rings. The van der Waals surface area contributed by atoms with Crippen LogP contribution < -0.4 is 15.8 Å². The molecule has 1 atom stereocenters. The molecule has 0 aliphatic carbocycles. The van der Waals surface area contributed by atoms with Crippen molar-refractivity contribution in [1.82, 2.24) is 4.90 Å². The second-order valence-corrected chi connectivity index (χ2v) is 5.38. The third-order valence-electron chi connectivity index (χ3n) is 3.40. The van der Waals surface area contributed by atoms with Crippen molar-refractivity contribution in [2.75, 3.05) is 37.8 Å². The number of nitrogens with one attached hydrogen (secondary N) is 1. The van der Waals surface area contributed by atoms with Crippen LogP contribution in [0.25, 0.3) is 0 Å². The summed E-state index contributed by atoms with van der Waals surface area (Å²) in [4.78, 5) is 2.36. The van der Waals surface area contributed by atoms with Crippen LogP contribution in [0.5, 0.6) is 5.75 Å². The largest absolute Gasteiger partial charge is 0.493 e. The van der Waals surface area contributed by atoms with E-state index in [4.69, 9.17) is 10.5 Å². The minimum Gasteiger partial charge on any atom is -0.493 e. The van der Waals surface area contributed by atoms with Crippen molar-refractivity contribution >= 4 is 11.4 Å². The van der Waals surface area contributed by atoms with Crippen LogP contribution in [0.2, 0.25) is 0 Å². The summed E-state index contributed by atoms with van der Waals surface area (Å²) < 4.78 is 5.66. The van der Waals surface area contributed by atoms with Crippen LogP contribution in [-0.2, 0) is 0 Å².